The van der Waals surface area contributed by atoms with E-state index in [-0.39, 0.29) is 22.3 Å². The molecule has 148 valence electrons. The Morgan fingerprint density at radius 3 is 2.31 bits per heavy atom. The Morgan fingerprint density at radius 1 is 1.00 bits per heavy atom. The number of carboxylic acids is 2. The number of halogens is 1. The second-order valence-corrected chi connectivity index (χ2v) is 6.24. The first-order valence-corrected chi connectivity index (χ1v) is 8.38. The Bertz CT molecular complexity index is 1130. The molecule has 8 nitrogen and oxygen atoms in total. The summed E-state index contributed by atoms with van der Waals surface area (Å²) in [6, 6.07) is 8.31. The van der Waals surface area contributed by atoms with Gasteiger partial charge in [0.1, 0.15) is 23.4 Å². The Kier molecular flexibility index (Phi) is 5.40. The lowest BCUT2D eigenvalue weighted by atomic mass is 9.99. The van der Waals surface area contributed by atoms with Crippen LogP contribution < -0.4 is 5.32 Å². The lowest BCUT2D eigenvalue weighted by molar-refractivity contribution is -0.135. The van der Waals surface area contributed by atoms with Gasteiger partial charge >= 0.3 is 11.9 Å². The molecule has 4 N–H and O–H groups in total. The van der Waals surface area contributed by atoms with Gasteiger partial charge in [-0.3, -0.25) is 14.6 Å². The summed E-state index contributed by atoms with van der Waals surface area (Å²) in [5.41, 5.74) is 0.629. The predicted molar refractivity (Wildman–Crippen MR) is 99.5 cm³/mol. The Hall–Kier alpha value is -4.01. The molecular formula is C20H15FN2O6. The molecule has 0 aliphatic rings. The SMILES string of the molecule is O=C(O)CNC(=O)c1cc(C(=O)O)c(O)c2ncc(Cc3ccc(F)cc3)cc12. The number of fused-ring (bicyclic) bond motifs is 1. The number of aliphatic carboxylic acids is 1. The first kappa shape index (κ1) is 19.7. The molecule has 0 saturated heterocycles. The van der Waals surface area contributed by atoms with Crippen molar-refractivity contribution in [1.29, 1.82) is 0 Å². The van der Waals surface area contributed by atoms with Crippen LogP contribution in [-0.4, -0.2) is 44.7 Å². The average Bonchev–Trinajstić information content (AvgIpc) is 2.68. The van der Waals surface area contributed by atoms with Crippen molar-refractivity contribution < 1.29 is 34.1 Å². The van der Waals surface area contributed by atoms with E-state index >= 15 is 0 Å². The third-order valence-electron chi connectivity index (χ3n) is 4.20. The highest BCUT2D eigenvalue weighted by Crippen LogP contribution is 2.31. The Labute approximate surface area is 163 Å². The average molecular weight is 398 g/mol. The van der Waals surface area contributed by atoms with Crippen LogP contribution >= 0.6 is 0 Å². The molecule has 0 radical (unpaired) electrons. The molecular weight excluding hydrogens is 383 g/mol. The Balaban J connectivity index is 2.10. The van der Waals surface area contributed by atoms with E-state index in [9.17, 15) is 29.0 Å². The summed E-state index contributed by atoms with van der Waals surface area (Å²) in [7, 11) is 0. The van der Waals surface area contributed by atoms with Crippen LogP contribution in [0.3, 0.4) is 0 Å². The molecule has 3 aromatic rings. The van der Waals surface area contributed by atoms with Gasteiger partial charge in [0.2, 0.25) is 0 Å². The lowest BCUT2D eigenvalue weighted by Crippen LogP contribution is -2.29. The number of nitrogens with zero attached hydrogens (tertiary/aromatic N) is 1. The molecule has 1 aromatic heterocycles. The van der Waals surface area contributed by atoms with Crippen molar-refractivity contribution in [3.8, 4) is 5.75 Å². The van der Waals surface area contributed by atoms with E-state index in [2.05, 4.69) is 10.3 Å². The van der Waals surface area contributed by atoms with Gasteiger partial charge in [0, 0.05) is 17.1 Å². The van der Waals surface area contributed by atoms with Crippen molar-refractivity contribution in [3.63, 3.8) is 0 Å². The van der Waals surface area contributed by atoms with E-state index in [1.165, 1.54) is 18.3 Å². The van der Waals surface area contributed by atoms with Crippen LogP contribution in [0.5, 0.6) is 5.75 Å². The molecule has 1 heterocycles. The van der Waals surface area contributed by atoms with Crippen molar-refractivity contribution in [2.24, 2.45) is 0 Å². The fourth-order valence-corrected chi connectivity index (χ4v) is 2.86. The topological polar surface area (TPSA) is 137 Å². The highest BCUT2D eigenvalue weighted by atomic mass is 19.1. The van der Waals surface area contributed by atoms with Crippen LogP contribution in [0.4, 0.5) is 4.39 Å². The minimum atomic E-state index is -1.46. The highest BCUT2D eigenvalue weighted by molar-refractivity contribution is 6.11. The summed E-state index contributed by atoms with van der Waals surface area (Å²) in [4.78, 5) is 38.6. The normalized spacial score (nSPS) is 10.7. The summed E-state index contributed by atoms with van der Waals surface area (Å²) >= 11 is 0. The number of rotatable bonds is 6. The van der Waals surface area contributed by atoms with Gasteiger partial charge < -0.3 is 20.6 Å². The van der Waals surface area contributed by atoms with Crippen molar-refractivity contribution in [2.75, 3.05) is 6.54 Å². The number of aromatic carboxylic acids is 1. The number of benzene rings is 2. The first-order chi connectivity index (χ1) is 13.8. The van der Waals surface area contributed by atoms with Crippen molar-refractivity contribution in [1.82, 2.24) is 10.3 Å². The quantitative estimate of drug-likeness (QED) is 0.499. The molecule has 0 fully saturated rings. The van der Waals surface area contributed by atoms with Gasteiger partial charge in [-0.05, 0) is 41.8 Å². The number of amides is 1. The third-order valence-corrected chi connectivity index (χ3v) is 4.20. The number of aromatic hydroxyl groups is 1. The number of carboxylic acid groups (broad SMARTS) is 2. The predicted octanol–water partition coefficient (Wildman–Crippen LogP) is 2.18. The Morgan fingerprint density at radius 2 is 1.69 bits per heavy atom. The molecule has 1 amide bonds. The molecule has 0 spiro atoms. The lowest BCUT2D eigenvalue weighted by Gasteiger charge is -2.12. The smallest absolute Gasteiger partial charge is 0.339 e. The van der Waals surface area contributed by atoms with Gasteiger partial charge in [-0.15, -0.1) is 0 Å². The first-order valence-electron chi connectivity index (χ1n) is 8.38. The molecule has 0 unspecified atom stereocenters. The van der Waals surface area contributed by atoms with Gasteiger partial charge in [-0.2, -0.15) is 0 Å². The number of aromatic nitrogens is 1. The minimum Gasteiger partial charge on any atom is -0.505 e. The number of carbonyl (C=O) groups excluding carboxylic acids is 1. The van der Waals surface area contributed by atoms with Gasteiger partial charge in [0.15, 0.2) is 5.75 Å². The second kappa shape index (κ2) is 7.93. The molecule has 2 aromatic carbocycles. The van der Waals surface area contributed by atoms with E-state index in [1.54, 1.807) is 18.2 Å². The number of pyridine rings is 1. The molecule has 0 bridgehead atoms. The van der Waals surface area contributed by atoms with Crippen molar-refractivity contribution in [3.05, 3.63) is 70.7 Å². The third kappa shape index (κ3) is 4.29. The zero-order chi connectivity index (χ0) is 21.1. The van der Waals surface area contributed by atoms with E-state index < -0.39 is 35.7 Å². The maximum Gasteiger partial charge on any atom is 0.339 e. The van der Waals surface area contributed by atoms with E-state index in [1.807, 2.05) is 0 Å². The van der Waals surface area contributed by atoms with Gasteiger partial charge in [-0.1, -0.05) is 12.1 Å². The van der Waals surface area contributed by atoms with Gasteiger partial charge in [0.05, 0.1) is 0 Å². The van der Waals surface area contributed by atoms with Gasteiger partial charge in [0.25, 0.3) is 5.91 Å². The molecule has 9 heteroatoms. The van der Waals surface area contributed by atoms with Crippen LogP contribution in [-0.2, 0) is 11.2 Å². The van der Waals surface area contributed by atoms with Gasteiger partial charge in [-0.25, -0.2) is 9.18 Å². The maximum atomic E-state index is 13.1. The summed E-state index contributed by atoms with van der Waals surface area (Å²) in [6.45, 7) is -0.660. The summed E-state index contributed by atoms with van der Waals surface area (Å²) in [6.07, 6.45) is 1.76. The van der Waals surface area contributed by atoms with E-state index in [0.29, 0.717) is 12.0 Å². The van der Waals surface area contributed by atoms with Crippen LogP contribution in [0, 0.1) is 5.82 Å². The second-order valence-electron chi connectivity index (χ2n) is 6.24. The van der Waals surface area contributed by atoms with E-state index in [0.717, 1.165) is 11.6 Å². The zero-order valence-electron chi connectivity index (χ0n) is 14.8. The molecule has 0 aliphatic heterocycles. The fourth-order valence-electron chi connectivity index (χ4n) is 2.86. The van der Waals surface area contributed by atoms with Crippen molar-refractivity contribution in [2.45, 2.75) is 6.42 Å². The highest BCUT2D eigenvalue weighted by Gasteiger charge is 2.21. The molecule has 0 aliphatic carbocycles. The molecule has 29 heavy (non-hydrogen) atoms. The number of hydrogen-bond donors (Lipinski definition) is 4. The number of phenols is 1. The largest absolute Gasteiger partial charge is 0.505 e. The zero-order valence-corrected chi connectivity index (χ0v) is 14.8. The van der Waals surface area contributed by atoms with Crippen molar-refractivity contribution >= 4 is 28.7 Å². The number of carbonyl (C=O) groups is 3. The van der Waals surface area contributed by atoms with Crippen LogP contribution in [0.2, 0.25) is 0 Å². The minimum absolute atomic E-state index is 0.103. The summed E-state index contributed by atoms with van der Waals surface area (Å²) in [5, 5.41) is 30.6. The maximum absolute atomic E-state index is 13.1. The van der Waals surface area contributed by atoms with Crippen LogP contribution in [0.1, 0.15) is 31.8 Å². The summed E-state index contributed by atoms with van der Waals surface area (Å²) in [5.74, 6) is -4.53. The summed E-state index contributed by atoms with van der Waals surface area (Å²) < 4.78 is 13.1. The number of nitrogens with one attached hydrogen (secondary N) is 1. The van der Waals surface area contributed by atoms with Crippen LogP contribution in [0.15, 0.2) is 42.6 Å². The van der Waals surface area contributed by atoms with Crippen LogP contribution in [0.25, 0.3) is 10.9 Å². The fraction of sp³-hybridized carbons (Fsp3) is 0.100. The molecule has 3 rings (SSSR count). The van der Waals surface area contributed by atoms with E-state index in [4.69, 9.17) is 5.11 Å². The molecule has 0 saturated carbocycles. The number of hydrogen-bond acceptors (Lipinski definition) is 5. The monoisotopic (exact) mass is 398 g/mol. The molecule has 0 atom stereocenters. The standard InChI is InChI=1S/C20H15FN2O6/c21-12-3-1-10(2-4-12)5-11-6-13-14(19(27)23-9-16(24)25)7-15(20(28)29)18(26)17(13)22-8-11/h1-4,6-8,26H,5,9H2,(H,23,27)(H,24,25)(H,28,29).